The number of ether oxygens (including phenoxy) is 1. The van der Waals surface area contributed by atoms with Crippen molar-refractivity contribution in [3.63, 3.8) is 0 Å². The van der Waals surface area contributed by atoms with Crippen LogP contribution >= 0.6 is 0 Å². The first-order valence-electron chi connectivity index (χ1n) is 7.54. The molecule has 2 unspecified atom stereocenters. The Morgan fingerprint density at radius 2 is 2.11 bits per heavy atom. The summed E-state index contributed by atoms with van der Waals surface area (Å²) in [6, 6.07) is 0. The summed E-state index contributed by atoms with van der Waals surface area (Å²) in [5, 5.41) is 12.8. The van der Waals surface area contributed by atoms with Gasteiger partial charge in [0.2, 0.25) is 0 Å². The number of rotatable bonds is 3. The molecule has 1 aliphatic carbocycles. The van der Waals surface area contributed by atoms with Crippen LogP contribution in [0.4, 0.5) is 0 Å². The van der Waals surface area contributed by atoms with Crippen LogP contribution < -0.4 is 5.32 Å². The van der Waals surface area contributed by atoms with Crippen LogP contribution in [-0.4, -0.2) is 35.4 Å². The molecule has 19 heavy (non-hydrogen) atoms. The first kappa shape index (κ1) is 13.4. The summed E-state index contributed by atoms with van der Waals surface area (Å²) in [4.78, 5) is 11.5. The molecule has 3 fully saturated rings. The third-order valence-corrected chi connectivity index (χ3v) is 5.41. The van der Waals surface area contributed by atoms with Gasteiger partial charge in [0.15, 0.2) is 0 Å². The van der Waals surface area contributed by atoms with Gasteiger partial charge >= 0.3 is 5.97 Å². The minimum atomic E-state index is -0.657. The maximum Gasteiger partial charge on any atom is 0.308 e. The van der Waals surface area contributed by atoms with Crippen molar-refractivity contribution in [2.45, 2.75) is 57.1 Å². The molecule has 0 amide bonds. The summed E-state index contributed by atoms with van der Waals surface area (Å²) < 4.78 is 5.98. The highest BCUT2D eigenvalue weighted by Crippen LogP contribution is 2.48. The zero-order valence-electron chi connectivity index (χ0n) is 11.9. The van der Waals surface area contributed by atoms with Gasteiger partial charge in [-0.15, -0.1) is 0 Å². The van der Waals surface area contributed by atoms with Crippen LogP contribution in [0.2, 0.25) is 0 Å². The van der Waals surface area contributed by atoms with Gasteiger partial charge in [0, 0.05) is 5.54 Å². The fraction of sp³-hybridized carbons (Fsp3) is 0.933. The number of carboxylic acids is 1. The van der Waals surface area contributed by atoms with Crippen LogP contribution in [0.5, 0.6) is 0 Å². The number of nitrogens with one attached hydrogen (secondary N) is 1. The molecule has 0 aromatic rings. The summed E-state index contributed by atoms with van der Waals surface area (Å²) in [7, 11) is 0. The van der Waals surface area contributed by atoms with E-state index in [9.17, 15) is 9.90 Å². The molecule has 0 aromatic carbocycles. The molecular formula is C15H25NO3. The van der Waals surface area contributed by atoms with Gasteiger partial charge < -0.3 is 15.2 Å². The highest BCUT2D eigenvalue weighted by Gasteiger charge is 2.49. The maximum atomic E-state index is 11.5. The predicted octanol–water partition coefficient (Wildman–Crippen LogP) is 2.03. The van der Waals surface area contributed by atoms with Crippen LogP contribution in [0.1, 0.15) is 46.0 Å². The van der Waals surface area contributed by atoms with Gasteiger partial charge in [-0.25, -0.2) is 0 Å². The van der Waals surface area contributed by atoms with Crippen molar-refractivity contribution >= 4 is 5.97 Å². The number of carbonyl (C=O) groups is 1. The van der Waals surface area contributed by atoms with Gasteiger partial charge in [-0.05, 0) is 64.3 Å². The van der Waals surface area contributed by atoms with Gasteiger partial charge in [0.05, 0.1) is 18.1 Å². The molecule has 0 bridgehead atoms. The molecule has 0 radical (unpaired) electrons. The van der Waals surface area contributed by atoms with Crippen molar-refractivity contribution in [2.75, 3.05) is 13.2 Å². The normalized spacial score (nSPS) is 39.4. The predicted molar refractivity (Wildman–Crippen MR) is 72.0 cm³/mol. The molecule has 2 saturated heterocycles. The van der Waals surface area contributed by atoms with E-state index in [4.69, 9.17) is 4.74 Å². The summed E-state index contributed by atoms with van der Waals surface area (Å²) in [5.74, 6) is -0.136. The lowest BCUT2D eigenvalue weighted by atomic mass is 9.77. The van der Waals surface area contributed by atoms with Crippen molar-refractivity contribution in [3.8, 4) is 0 Å². The van der Waals surface area contributed by atoms with Crippen LogP contribution in [0.3, 0.4) is 0 Å². The van der Waals surface area contributed by atoms with Gasteiger partial charge in [0.25, 0.3) is 0 Å². The third-order valence-electron chi connectivity index (χ3n) is 5.41. The zero-order chi connectivity index (χ0) is 13.7. The average Bonchev–Trinajstić information content (AvgIpc) is 3.01. The molecule has 2 aliphatic heterocycles. The van der Waals surface area contributed by atoms with Crippen molar-refractivity contribution in [3.05, 3.63) is 0 Å². The second-order valence-corrected chi connectivity index (χ2v) is 7.31. The van der Waals surface area contributed by atoms with Crippen molar-refractivity contribution in [2.24, 2.45) is 17.8 Å². The summed E-state index contributed by atoms with van der Waals surface area (Å²) in [5.41, 5.74) is -0.0420. The minimum absolute atomic E-state index is 0.245. The first-order valence-corrected chi connectivity index (χ1v) is 7.54. The fourth-order valence-corrected chi connectivity index (χ4v) is 4.01. The van der Waals surface area contributed by atoms with Crippen molar-refractivity contribution < 1.29 is 14.6 Å². The van der Waals surface area contributed by atoms with E-state index in [0.29, 0.717) is 5.92 Å². The van der Waals surface area contributed by atoms with Crippen LogP contribution in [0, 0.1) is 17.8 Å². The van der Waals surface area contributed by atoms with Gasteiger partial charge in [-0.1, -0.05) is 0 Å². The van der Waals surface area contributed by atoms with Crippen LogP contribution in [0.15, 0.2) is 0 Å². The Morgan fingerprint density at radius 1 is 1.37 bits per heavy atom. The van der Waals surface area contributed by atoms with E-state index < -0.39 is 5.97 Å². The second kappa shape index (κ2) is 4.45. The number of aliphatic carboxylic acids is 1. The van der Waals surface area contributed by atoms with Crippen LogP contribution in [0.25, 0.3) is 0 Å². The monoisotopic (exact) mass is 267 g/mol. The second-order valence-electron chi connectivity index (χ2n) is 7.31. The Labute approximate surface area is 114 Å². The summed E-state index contributed by atoms with van der Waals surface area (Å²) >= 11 is 0. The minimum Gasteiger partial charge on any atom is -0.481 e. The van der Waals surface area contributed by atoms with E-state index in [1.54, 1.807) is 0 Å². The Hall–Kier alpha value is -0.610. The van der Waals surface area contributed by atoms with E-state index in [1.165, 1.54) is 25.7 Å². The van der Waals surface area contributed by atoms with E-state index in [2.05, 4.69) is 5.32 Å². The Bertz CT molecular complexity index is 366. The maximum absolute atomic E-state index is 11.5. The molecular weight excluding hydrogens is 242 g/mol. The molecule has 3 rings (SSSR count). The van der Waals surface area contributed by atoms with E-state index in [-0.39, 0.29) is 23.0 Å². The molecule has 3 atom stereocenters. The Morgan fingerprint density at radius 3 is 2.63 bits per heavy atom. The average molecular weight is 267 g/mol. The van der Waals surface area contributed by atoms with Crippen molar-refractivity contribution in [1.29, 1.82) is 0 Å². The van der Waals surface area contributed by atoms with E-state index >= 15 is 0 Å². The van der Waals surface area contributed by atoms with Gasteiger partial charge in [-0.2, -0.15) is 0 Å². The SMILES string of the molecule is CC1(C)NCC(C[C@H]2CCC3(CC3)OC2)C1C(=O)O. The zero-order valence-corrected chi connectivity index (χ0v) is 11.9. The summed E-state index contributed by atoms with van der Waals surface area (Å²) in [6.07, 6.45) is 5.84. The molecule has 4 heteroatoms. The lowest BCUT2D eigenvalue weighted by Crippen LogP contribution is -2.42. The topological polar surface area (TPSA) is 58.6 Å². The van der Waals surface area contributed by atoms with E-state index in [1.807, 2.05) is 13.8 Å². The van der Waals surface area contributed by atoms with Gasteiger partial charge in [-0.3, -0.25) is 4.79 Å². The third kappa shape index (κ3) is 2.52. The number of carboxylic acid groups (broad SMARTS) is 1. The molecule has 4 nitrogen and oxygen atoms in total. The largest absolute Gasteiger partial charge is 0.481 e. The smallest absolute Gasteiger partial charge is 0.308 e. The number of hydrogen-bond donors (Lipinski definition) is 2. The Kier molecular flexibility index (Phi) is 3.13. The summed E-state index contributed by atoms with van der Waals surface area (Å²) in [6.45, 7) is 5.67. The molecule has 1 saturated carbocycles. The van der Waals surface area contributed by atoms with Crippen molar-refractivity contribution in [1.82, 2.24) is 5.32 Å². The lowest BCUT2D eigenvalue weighted by molar-refractivity contribution is -0.145. The molecule has 1 spiro atoms. The number of hydrogen-bond acceptors (Lipinski definition) is 3. The van der Waals surface area contributed by atoms with Gasteiger partial charge in [0.1, 0.15) is 0 Å². The molecule has 2 heterocycles. The quantitative estimate of drug-likeness (QED) is 0.821. The lowest BCUT2D eigenvalue weighted by Gasteiger charge is -2.32. The highest BCUT2D eigenvalue weighted by atomic mass is 16.5. The van der Waals surface area contributed by atoms with Crippen LogP contribution in [-0.2, 0) is 9.53 Å². The fourth-order valence-electron chi connectivity index (χ4n) is 4.01. The Balaban J connectivity index is 1.58. The molecule has 0 aromatic heterocycles. The molecule has 3 aliphatic rings. The van der Waals surface area contributed by atoms with E-state index in [0.717, 1.165) is 19.6 Å². The standard InChI is InChI=1S/C15H25NO3/c1-14(2)12(13(17)18)11(8-16-14)7-10-3-4-15(5-6-15)19-9-10/h10-12,16H,3-9H2,1-2H3,(H,17,18)/t10-,11?,12?/m1/s1. The highest BCUT2D eigenvalue weighted by molar-refractivity contribution is 5.72. The molecule has 2 N–H and O–H groups in total. The molecule has 108 valence electrons. The first-order chi connectivity index (χ1) is 8.92.